The van der Waals surface area contributed by atoms with E-state index < -0.39 is 0 Å². The van der Waals surface area contributed by atoms with Crippen molar-refractivity contribution >= 4 is 11.6 Å². The van der Waals surface area contributed by atoms with E-state index in [1.54, 1.807) is 18.3 Å². The zero-order chi connectivity index (χ0) is 12.4. The number of aromatic nitrogens is 5. The van der Waals surface area contributed by atoms with Gasteiger partial charge in [-0.15, -0.1) is 15.0 Å². The van der Waals surface area contributed by atoms with Crippen LogP contribution in [-0.4, -0.2) is 25.2 Å². The lowest BCUT2D eigenvalue weighted by atomic mass is 10.3. The van der Waals surface area contributed by atoms with Crippen molar-refractivity contribution < 1.29 is 0 Å². The average molecular weight is 258 g/mol. The first-order chi connectivity index (χ1) is 8.83. The number of halogens is 1. The first-order valence-electron chi connectivity index (χ1n) is 5.30. The predicted molar refractivity (Wildman–Crippen MR) is 67.4 cm³/mol. The first kappa shape index (κ1) is 10.9. The lowest BCUT2D eigenvalue weighted by Gasteiger charge is -1.97. The zero-order valence-electron chi connectivity index (χ0n) is 9.23. The second kappa shape index (κ2) is 4.54. The molecule has 0 bridgehead atoms. The molecular formula is C12H8ClN5. The predicted octanol–water partition coefficient (Wildman–Crippen LogP) is 2.38. The van der Waals surface area contributed by atoms with Crippen LogP contribution in [0.25, 0.3) is 17.2 Å². The molecule has 0 radical (unpaired) electrons. The van der Waals surface area contributed by atoms with Gasteiger partial charge in [0.2, 0.25) is 5.82 Å². The quantitative estimate of drug-likeness (QED) is 0.707. The van der Waals surface area contributed by atoms with Gasteiger partial charge in [-0.2, -0.15) is 0 Å². The highest BCUT2D eigenvalue weighted by Crippen LogP contribution is 2.13. The molecule has 0 saturated carbocycles. The lowest BCUT2D eigenvalue weighted by molar-refractivity contribution is 0.720. The van der Waals surface area contributed by atoms with Gasteiger partial charge in [0.25, 0.3) is 0 Å². The smallest absolute Gasteiger partial charge is 0.223 e. The van der Waals surface area contributed by atoms with E-state index in [-0.39, 0.29) is 0 Å². The number of hydrogen-bond donors (Lipinski definition) is 0. The van der Waals surface area contributed by atoms with E-state index in [0.717, 1.165) is 5.69 Å². The third-order valence-electron chi connectivity index (χ3n) is 2.37. The van der Waals surface area contributed by atoms with Crippen LogP contribution in [0.2, 0.25) is 5.02 Å². The van der Waals surface area contributed by atoms with Gasteiger partial charge in [0.1, 0.15) is 5.69 Å². The Hall–Kier alpha value is -2.27. The SMILES string of the molecule is Clc1ccc(-n2nnc(-c3ccccn3)n2)cc1. The van der Waals surface area contributed by atoms with Crippen molar-refractivity contribution in [3.8, 4) is 17.2 Å². The summed E-state index contributed by atoms with van der Waals surface area (Å²) in [6.07, 6.45) is 1.69. The molecule has 3 aromatic rings. The van der Waals surface area contributed by atoms with Crippen LogP contribution in [0.15, 0.2) is 48.7 Å². The van der Waals surface area contributed by atoms with E-state index >= 15 is 0 Å². The first-order valence-corrected chi connectivity index (χ1v) is 5.68. The van der Waals surface area contributed by atoms with Crippen LogP contribution in [0.4, 0.5) is 0 Å². The number of benzene rings is 1. The molecule has 5 nitrogen and oxygen atoms in total. The number of pyridine rings is 1. The highest BCUT2D eigenvalue weighted by molar-refractivity contribution is 6.30. The minimum absolute atomic E-state index is 0.491. The van der Waals surface area contributed by atoms with Gasteiger partial charge >= 0.3 is 0 Å². The maximum absolute atomic E-state index is 5.82. The average Bonchev–Trinajstić information content (AvgIpc) is 2.90. The van der Waals surface area contributed by atoms with Crippen molar-refractivity contribution in [2.24, 2.45) is 0 Å². The summed E-state index contributed by atoms with van der Waals surface area (Å²) in [7, 11) is 0. The van der Waals surface area contributed by atoms with Gasteiger partial charge in [-0.05, 0) is 41.6 Å². The van der Waals surface area contributed by atoms with Crippen LogP contribution in [0, 0.1) is 0 Å². The Morgan fingerprint density at radius 2 is 1.83 bits per heavy atom. The molecular weight excluding hydrogens is 250 g/mol. The molecule has 0 saturated heterocycles. The second-order valence-corrected chi connectivity index (χ2v) is 4.03. The molecule has 88 valence electrons. The molecule has 0 aliphatic carbocycles. The molecule has 2 heterocycles. The monoisotopic (exact) mass is 257 g/mol. The molecule has 0 fully saturated rings. The van der Waals surface area contributed by atoms with Gasteiger partial charge in [-0.25, -0.2) is 0 Å². The zero-order valence-corrected chi connectivity index (χ0v) is 9.99. The number of hydrogen-bond acceptors (Lipinski definition) is 4. The minimum Gasteiger partial charge on any atom is -0.253 e. The molecule has 0 aliphatic heterocycles. The van der Waals surface area contributed by atoms with E-state index in [2.05, 4.69) is 20.4 Å². The minimum atomic E-state index is 0.491. The summed E-state index contributed by atoms with van der Waals surface area (Å²) in [5, 5.41) is 12.9. The Bertz CT molecular complexity index is 648. The van der Waals surface area contributed by atoms with Crippen LogP contribution < -0.4 is 0 Å². The Kier molecular flexibility index (Phi) is 2.74. The molecule has 3 rings (SSSR count). The Balaban J connectivity index is 1.97. The summed E-state index contributed by atoms with van der Waals surface area (Å²) in [6, 6.07) is 12.8. The lowest BCUT2D eigenvalue weighted by Crippen LogP contribution is -1.98. The highest BCUT2D eigenvalue weighted by atomic mass is 35.5. The van der Waals surface area contributed by atoms with E-state index in [1.807, 2.05) is 30.3 Å². The Labute approximate surface area is 108 Å². The van der Waals surface area contributed by atoms with Crippen LogP contribution in [0.5, 0.6) is 0 Å². The Morgan fingerprint density at radius 3 is 2.56 bits per heavy atom. The van der Waals surface area contributed by atoms with Crippen LogP contribution in [0.3, 0.4) is 0 Å². The summed E-state index contributed by atoms with van der Waals surface area (Å²) in [6.45, 7) is 0. The van der Waals surface area contributed by atoms with Gasteiger partial charge in [-0.3, -0.25) is 4.98 Å². The van der Waals surface area contributed by atoms with Gasteiger partial charge in [0.15, 0.2) is 0 Å². The van der Waals surface area contributed by atoms with Crippen molar-refractivity contribution in [1.29, 1.82) is 0 Å². The maximum atomic E-state index is 5.82. The van der Waals surface area contributed by atoms with Crippen molar-refractivity contribution in [1.82, 2.24) is 25.2 Å². The fraction of sp³-hybridized carbons (Fsp3) is 0. The van der Waals surface area contributed by atoms with Crippen molar-refractivity contribution in [3.05, 3.63) is 53.7 Å². The van der Waals surface area contributed by atoms with Crippen LogP contribution >= 0.6 is 11.6 Å². The molecule has 0 unspecified atom stereocenters. The van der Waals surface area contributed by atoms with E-state index in [4.69, 9.17) is 11.6 Å². The van der Waals surface area contributed by atoms with E-state index in [0.29, 0.717) is 16.5 Å². The number of nitrogens with zero attached hydrogens (tertiary/aromatic N) is 5. The van der Waals surface area contributed by atoms with Crippen molar-refractivity contribution in [2.45, 2.75) is 0 Å². The van der Waals surface area contributed by atoms with Crippen molar-refractivity contribution in [2.75, 3.05) is 0 Å². The number of rotatable bonds is 2. The summed E-state index contributed by atoms with van der Waals surface area (Å²) < 4.78 is 0. The molecule has 0 atom stereocenters. The molecule has 18 heavy (non-hydrogen) atoms. The van der Waals surface area contributed by atoms with Crippen LogP contribution in [0.1, 0.15) is 0 Å². The molecule has 6 heteroatoms. The van der Waals surface area contributed by atoms with E-state index in [1.165, 1.54) is 4.80 Å². The van der Waals surface area contributed by atoms with E-state index in [9.17, 15) is 0 Å². The maximum Gasteiger partial charge on any atom is 0.223 e. The van der Waals surface area contributed by atoms with Gasteiger partial charge in [0.05, 0.1) is 5.69 Å². The van der Waals surface area contributed by atoms with Gasteiger partial charge in [-0.1, -0.05) is 17.7 Å². The number of tetrazole rings is 1. The molecule has 0 spiro atoms. The second-order valence-electron chi connectivity index (χ2n) is 3.59. The summed E-state index contributed by atoms with van der Waals surface area (Å²) in [5.41, 5.74) is 1.49. The fourth-order valence-corrected chi connectivity index (χ4v) is 1.62. The fourth-order valence-electron chi connectivity index (χ4n) is 1.50. The summed E-state index contributed by atoms with van der Waals surface area (Å²) in [5.74, 6) is 0.491. The van der Waals surface area contributed by atoms with Gasteiger partial charge in [0, 0.05) is 11.2 Å². The molecule has 0 N–H and O–H groups in total. The van der Waals surface area contributed by atoms with Crippen LogP contribution in [-0.2, 0) is 0 Å². The largest absolute Gasteiger partial charge is 0.253 e. The Morgan fingerprint density at radius 1 is 1.00 bits per heavy atom. The summed E-state index contributed by atoms with van der Waals surface area (Å²) in [4.78, 5) is 5.62. The molecule has 2 aromatic heterocycles. The molecule has 0 amide bonds. The third kappa shape index (κ3) is 2.08. The van der Waals surface area contributed by atoms with Gasteiger partial charge < -0.3 is 0 Å². The van der Waals surface area contributed by atoms with Crippen molar-refractivity contribution in [3.63, 3.8) is 0 Å². The molecule has 1 aromatic carbocycles. The topological polar surface area (TPSA) is 56.5 Å². The normalized spacial score (nSPS) is 10.5. The standard InChI is InChI=1S/C12H8ClN5/c13-9-4-6-10(7-5-9)18-16-12(15-17-18)11-3-1-2-8-14-11/h1-8H. The summed E-state index contributed by atoms with van der Waals surface area (Å²) >= 11 is 5.82. The highest BCUT2D eigenvalue weighted by Gasteiger charge is 2.07. The molecule has 0 aliphatic rings. The third-order valence-corrected chi connectivity index (χ3v) is 2.62.